The van der Waals surface area contributed by atoms with Gasteiger partial charge in [0.25, 0.3) is 0 Å². The Labute approximate surface area is 131 Å². The molecule has 1 heterocycles. The van der Waals surface area contributed by atoms with Crippen LogP contribution in [0.1, 0.15) is 13.3 Å². The van der Waals surface area contributed by atoms with E-state index in [4.69, 9.17) is 17.3 Å². The van der Waals surface area contributed by atoms with Crippen LogP contribution in [0.4, 0.5) is 5.69 Å². The number of carbonyl (C=O) groups is 1. The predicted octanol–water partition coefficient (Wildman–Crippen LogP) is 2.37. The second-order valence-electron chi connectivity index (χ2n) is 5.20. The van der Waals surface area contributed by atoms with Crippen molar-refractivity contribution in [1.82, 2.24) is 4.90 Å². The maximum atomic E-state index is 11.9. The van der Waals surface area contributed by atoms with Crippen LogP contribution in [0.2, 0.25) is 5.02 Å². The molecule has 1 saturated heterocycles. The number of carbonyl (C=O) groups excluding carboxylic acids is 1. The van der Waals surface area contributed by atoms with E-state index in [1.807, 2.05) is 6.92 Å². The molecule has 1 aromatic carbocycles. The van der Waals surface area contributed by atoms with Gasteiger partial charge in [0.15, 0.2) is 0 Å². The van der Waals surface area contributed by atoms with E-state index in [1.54, 1.807) is 24.3 Å². The highest BCUT2D eigenvalue weighted by Gasteiger charge is 2.26. The molecule has 0 aromatic heterocycles. The Kier molecular flexibility index (Phi) is 6.76. The molecule has 2 unspecified atom stereocenters. The predicted molar refractivity (Wildman–Crippen MR) is 85.5 cm³/mol. The molecule has 20 heavy (non-hydrogen) atoms. The highest BCUT2D eigenvalue weighted by molar-refractivity contribution is 6.30. The molecule has 1 amide bonds. The van der Waals surface area contributed by atoms with Crippen LogP contribution in [0.25, 0.3) is 0 Å². The summed E-state index contributed by atoms with van der Waals surface area (Å²) in [6.45, 7) is 4.31. The van der Waals surface area contributed by atoms with Gasteiger partial charge in [-0.3, -0.25) is 9.69 Å². The lowest BCUT2D eigenvalue weighted by Gasteiger charge is -2.17. The smallest absolute Gasteiger partial charge is 0.238 e. The summed E-state index contributed by atoms with van der Waals surface area (Å²) >= 11 is 5.80. The molecule has 3 N–H and O–H groups in total. The van der Waals surface area contributed by atoms with Gasteiger partial charge in [-0.2, -0.15) is 0 Å². The second kappa shape index (κ2) is 7.84. The number of hydrogen-bond donors (Lipinski definition) is 2. The summed E-state index contributed by atoms with van der Waals surface area (Å²) in [5.41, 5.74) is 6.66. The minimum Gasteiger partial charge on any atom is -0.328 e. The van der Waals surface area contributed by atoms with Gasteiger partial charge in [0.2, 0.25) is 5.91 Å². The Bertz CT molecular complexity index is 437. The molecular weight excluding hydrogens is 297 g/mol. The van der Waals surface area contributed by atoms with Crippen LogP contribution in [0.3, 0.4) is 0 Å². The zero-order valence-corrected chi connectivity index (χ0v) is 13.1. The summed E-state index contributed by atoms with van der Waals surface area (Å²) in [6.07, 6.45) is 1.08. The van der Waals surface area contributed by atoms with Crippen molar-refractivity contribution in [2.45, 2.75) is 19.4 Å². The number of benzene rings is 1. The van der Waals surface area contributed by atoms with Gasteiger partial charge in [0.05, 0.1) is 6.54 Å². The summed E-state index contributed by atoms with van der Waals surface area (Å²) in [5, 5.41) is 3.53. The van der Waals surface area contributed by atoms with Crippen LogP contribution in [0.5, 0.6) is 0 Å². The second-order valence-corrected chi connectivity index (χ2v) is 5.63. The number of anilines is 1. The molecule has 1 aliphatic heterocycles. The molecule has 0 saturated carbocycles. The van der Waals surface area contributed by atoms with Crippen LogP contribution in [-0.4, -0.2) is 36.5 Å². The van der Waals surface area contributed by atoms with Gasteiger partial charge in [-0.25, -0.2) is 0 Å². The first-order valence-electron chi connectivity index (χ1n) is 6.58. The summed E-state index contributed by atoms with van der Waals surface area (Å²) in [5.74, 6) is 0.510. The molecule has 1 aliphatic rings. The molecule has 0 radical (unpaired) electrons. The van der Waals surface area contributed by atoms with Crippen molar-refractivity contribution < 1.29 is 4.79 Å². The summed E-state index contributed by atoms with van der Waals surface area (Å²) in [6, 6.07) is 7.33. The minimum atomic E-state index is 0. The average Bonchev–Trinajstić information content (AvgIpc) is 2.80. The maximum absolute atomic E-state index is 11.9. The van der Waals surface area contributed by atoms with Crippen molar-refractivity contribution in [2.24, 2.45) is 11.7 Å². The third-order valence-electron chi connectivity index (χ3n) is 3.55. The lowest BCUT2D eigenvalue weighted by molar-refractivity contribution is -0.117. The minimum absolute atomic E-state index is 0. The lowest BCUT2D eigenvalue weighted by atomic mass is 10.0. The molecule has 2 rings (SSSR count). The van der Waals surface area contributed by atoms with E-state index < -0.39 is 0 Å². The van der Waals surface area contributed by atoms with Crippen molar-refractivity contribution in [3.63, 3.8) is 0 Å². The van der Waals surface area contributed by atoms with Crippen LogP contribution in [0, 0.1) is 5.92 Å². The molecule has 0 aliphatic carbocycles. The molecule has 1 fully saturated rings. The van der Waals surface area contributed by atoms with Crippen molar-refractivity contribution >= 4 is 35.6 Å². The van der Waals surface area contributed by atoms with Gasteiger partial charge in [0, 0.05) is 23.3 Å². The van der Waals surface area contributed by atoms with Crippen LogP contribution in [-0.2, 0) is 4.79 Å². The van der Waals surface area contributed by atoms with Crippen LogP contribution in [0.15, 0.2) is 24.3 Å². The fraction of sp³-hybridized carbons (Fsp3) is 0.500. The largest absolute Gasteiger partial charge is 0.328 e. The molecular formula is C14H21Cl2N3O. The molecule has 0 bridgehead atoms. The number of nitrogens with zero attached hydrogens (tertiary/aromatic N) is 1. The Hall–Kier alpha value is -0.810. The topological polar surface area (TPSA) is 58.4 Å². The van der Waals surface area contributed by atoms with E-state index in [-0.39, 0.29) is 24.4 Å². The Morgan fingerprint density at radius 2 is 2.15 bits per heavy atom. The van der Waals surface area contributed by atoms with E-state index in [1.165, 1.54) is 0 Å². The number of amides is 1. The number of hydrogen-bond acceptors (Lipinski definition) is 3. The Balaban J connectivity index is 0.00000200. The van der Waals surface area contributed by atoms with E-state index in [0.29, 0.717) is 17.5 Å². The number of rotatable bonds is 4. The molecule has 1 aromatic rings. The molecule has 2 atom stereocenters. The van der Waals surface area contributed by atoms with Gasteiger partial charge in [0.1, 0.15) is 0 Å². The maximum Gasteiger partial charge on any atom is 0.238 e. The zero-order valence-electron chi connectivity index (χ0n) is 11.5. The molecule has 0 spiro atoms. The summed E-state index contributed by atoms with van der Waals surface area (Å²) < 4.78 is 0. The van der Waals surface area contributed by atoms with Gasteiger partial charge in [-0.15, -0.1) is 12.4 Å². The van der Waals surface area contributed by atoms with Crippen molar-refractivity contribution in [3.05, 3.63) is 29.3 Å². The number of nitrogens with one attached hydrogen (secondary N) is 1. The fourth-order valence-corrected chi connectivity index (χ4v) is 2.50. The normalized spacial score (nSPS) is 20.2. The fourth-order valence-electron chi connectivity index (χ4n) is 2.37. The van der Waals surface area contributed by atoms with E-state index in [2.05, 4.69) is 10.2 Å². The third kappa shape index (κ3) is 4.94. The van der Waals surface area contributed by atoms with E-state index in [0.717, 1.165) is 25.2 Å². The highest BCUT2D eigenvalue weighted by atomic mass is 35.5. The first kappa shape index (κ1) is 17.2. The first-order chi connectivity index (χ1) is 9.04. The average molecular weight is 318 g/mol. The summed E-state index contributed by atoms with van der Waals surface area (Å²) in [7, 11) is 0. The standard InChI is InChI=1S/C14H20ClN3O.ClH/c1-10(16)11-6-7-18(8-11)9-14(19)17-13-4-2-12(15)3-5-13;/h2-5,10-11H,6-9,16H2,1H3,(H,17,19);1H. The summed E-state index contributed by atoms with van der Waals surface area (Å²) in [4.78, 5) is 14.1. The van der Waals surface area contributed by atoms with Crippen LogP contribution < -0.4 is 11.1 Å². The van der Waals surface area contributed by atoms with E-state index in [9.17, 15) is 4.79 Å². The zero-order chi connectivity index (χ0) is 13.8. The third-order valence-corrected chi connectivity index (χ3v) is 3.80. The monoisotopic (exact) mass is 317 g/mol. The van der Waals surface area contributed by atoms with Gasteiger partial charge in [-0.05, 0) is 50.1 Å². The number of likely N-dealkylation sites (tertiary alicyclic amines) is 1. The van der Waals surface area contributed by atoms with Gasteiger partial charge < -0.3 is 11.1 Å². The molecule has 112 valence electrons. The van der Waals surface area contributed by atoms with Crippen LogP contribution >= 0.6 is 24.0 Å². The first-order valence-corrected chi connectivity index (χ1v) is 6.96. The van der Waals surface area contributed by atoms with Crippen molar-refractivity contribution in [1.29, 1.82) is 0 Å². The van der Waals surface area contributed by atoms with Crippen molar-refractivity contribution in [2.75, 3.05) is 25.0 Å². The van der Waals surface area contributed by atoms with Gasteiger partial charge in [-0.1, -0.05) is 11.6 Å². The Morgan fingerprint density at radius 1 is 1.50 bits per heavy atom. The number of halogens is 2. The molecule has 6 heteroatoms. The number of nitrogens with two attached hydrogens (primary N) is 1. The SMILES string of the molecule is CC(N)C1CCN(CC(=O)Nc2ccc(Cl)cc2)C1.Cl. The lowest BCUT2D eigenvalue weighted by Crippen LogP contribution is -2.34. The van der Waals surface area contributed by atoms with E-state index >= 15 is 0 Å². The molecule has 4 nitrogen and oxygen atoms in total. The van der Waals surface area contributed by atoms with Gasteiger partial charge >= 0.3 is 0 Å². The highest BCUT2D eigenvalue weighted by Crippen LogP contribution is 2.18. The quantitative estimate of drug-likeness (QED) is 0.896. The Morgan fingerprint density at radius 3 is 2.70 bits per heavy atom. The van der Waals surface area contributed by atoms with Crippen molar-refractivity contribution in [3.8, 4) is 0 Å².